The first-order valence-corrected chi connectivity index (χ1v) is 9.69. The van der Waals surface area contributed by atoms with Crippen molar-refractivity contribution >= 4 is 37.3 Å². The third-order valence-corrected chi connectivity index (χ3v) is 6.18. The van der Waals surface area contributed by atoms with Crippen LogP contribution in [0.3, 0.4) is 0 Å². The molecule has 0 spiro atoms. The largest absolute Gasteiger partial charge is 0.240 e. The zero-order valence-electron chi connectivity index (χ0n) is 11.1. The monoisotopic (exact) mass is 373 g/mol. The highest BCUT2D eigenvalue weighted by atomic mass is 79.9. The Bertz CT molecular complexity index is 663. The number of aryl methyl sites for hydroxylation is 1. The van der Waals surface area contributed by atoms with Crippen molar-refractivity contribution in [3.63, 3.8) is 0 Å². The van der Waals surface area contributed by atoms with Crippen LogP contribution >= 0.6 is 27.3 Å². The molecule has 0 radical (unpaired) electrons. The van der Waals surface area contributed by atoms with Crippen LogP contribution in [0.4, 0.5) is 0 Å². The molecule has 0 aliphatic heterocycles. The summed E-state index contributed by atoms with van der Waals surface area (Å²) in [6, 6.07) is 10.9. The molecule has 0 aliphatic rings. The topological polar surface area (TPSA) is 46.2 Å². The van der Waals surface area contributed by atoms with Crippen LogP contribution < -0.4 is 4.72 Å². The summed E-state index contributed by atoms with van der Waals surface area (Å²) in [5, 5.41) is 0.718. The Labute approximate surface area is 132 Å². The van der Waals surface area contributed by atoms with E-state index < -0.39 is 10.0 Å². The fourth-order valence-corrected chi connectivity index (χ4v) is 4.08. The van der Waals surface area contributed by atoms with Crippen LogP contribution in [0.2, 0.25) is 0 Å². The highest BCUT2D eigenvalue weighted by Crippen LogP contribution is 2.18. The van der Waals surface area contributed by atoms with E-state index in [0.29, 0.717) is 11.4 Å². The number of halogens is 1. The summed E-state index contributed by atoms with van der Waals surface area (Å²) in [6.45, 7) is 2.43. The second-order valence-corrected chi connectivity index (χ2v) is 7.90. The van der Waals surface area contributed by atoms with Gasteiger partial charge in [0.05, 0.1) is 4.90 Å². The van der Waals surface area contributed by atoms with E-state index in [1.165, 1.54) is 4.88 Å². The second-order valence-electron chi connectivity index (χ2n) is 4.32. The molecular formula is C14H16BrNO2S2. The first kappa shape index (κ1) is 15.7. The summed E-state index contributed by atoms with van der Waals surface area (Å²) in [5.41, 5.74) is 1.05. The molecule has 1 N–H and O–H groups in total. The maximum absolute atomic E-state index is 12.2. The van der Waals surface area contributed by atoms with Crippen LogP contribution in [0, 0.1) is 0 Å². The molecule has 0 saturated carbocycles. The van der Waals surface area contributed by atoms with Crippen LogP contribution in [0.25, 0.3) is 0 Å². The van der Waals surface area contributed by atoms with Gasteiger partial charge in [-0.3, -0.25) is 0 Å². The zero-order valence-corrected chi connectivity index (χ0v) is 14.3. The van der Waals surface area contributed by atoms with Gasteiger partial charge in [-0.1, -0.05) is 35.0 Å². The standard InChI is InChI=1S/C14H16BrNO2S2/c1-2-12-5-6-13(19-12)10-16-20(17,18)14-7-3-11(9-15)4-8-14/h3-8,16H,2,9-10H2,1H3. The number of nitrogens with one attached hydrogen (secondary N) is 1. The first-order chi connectivity index (χ1) is 9.55. The first-order valence-electron chi connectivity index (χ1n) is 6.27. The van der Waals surface area contributed by atoms with E-state index in [0.717, 1.165) is 22.2 Å². The highest BCUT2D eigenvalue weighted by molar-refractivity contribution is 9.08. The van der Waals surface area contributed by atoms with E-state index in [2.05, 4.69) is 27.6 Å². The Kier molecular flexibility index (Phi) is 5.37. The number of benzene rings is 1. The maximum Gasteiger partial charge on any atom is 0.240 e. The van der Waals surface area contributed by atoms with Crippen molar-refractivity contribution in [3.8, 4) is 0 Å². The van der Waals surface area contributed by atoms with Gasteiger partial charge in [-0.2, -0.15) is 0 Å². The predicted molar refractivity (Wildman–Crippen MR) is 86.8 cm³/mol. The highest BCUT2D eigenvalue weighted by Gasteiger charge is 2.13. The summed E-state index contributed by atoms with van der Waals surface area (Å²) in [4.78, 5) is 2.60. The SMILES string of the molecule is CCc1ccc(CNS(=O)(=O)c2ccc(CBr)cc2)s1. The van der Waals surface area contributed by atoms with Gasteiger partial charge in [0, 0.05) is 21.6 Å². The van der Waals surface area contributed by atoms with Gasteiger partial charge in [-0.25, -0.2) is 13.1 Å². The Balaban J connectivity index is 2.06. The minimum absolute atomic E-state index is 0.300. The molecule has 0 saturated heterocycles. The van der Waals surface area contributed by atoms with Crippen LogP contribution in [0.1, 0.15) is 22.2 Å². The van der Waals surface area contributed by atoms with Gasteiger partial charge in [-0.05, 0) is 36.2 Å². The zero-order chi connectivity index (χ0) is 14.6. The molecule has 3 nitrogen and oxygen atoms in total. The lowest BCUT2D eigenvalue weighted by Gasteiger charge is -2.06. The van der Waals surface area contributed by atoms with E-state index in [1.54, 1.807) is 23.5 Å². The van der Waals surface area contributed by atoms with E-state index in [1.807, 2.05) is 24.3 Å². The molecule has 2 aromatic rings. The molecule has 1 heterocycles. The lowest BCUT2D eigenvalue weighted by molar-refractivity contribution is 0.582. The van der Waals surface area contributed by atoms with Crippen LogP contribution in [0.5, 0.6) is 0 Å². The molecule has 1 aromatic heterocycles. The van der Waals surface area contributed by atoms with Crippen molar-refractivity contribution in [1.82, 2.24) is 4.72 Å². The fraction of sp³-hybridized carbons (Fsp3) is 0.286. The summed E-state index contributed by atoms with van der Waals surface area (Å²) in [5.74, 6) is 0. The molecule has 1 aromatic carbocycles. The van der Waals surface area contributed by atoms with Crippen molar-refractivity contribution in [2.45, 2.75) is 30.1 Å². The summed E-state index contributed by atoms with van der Waals surface area (Å²) in [7, 11) is -3.44. The lowest BCUT2D eigenvalue weighted by atomic mass is 10.2. The fourth-order valence-electron chi connectivity index (χ4n) is 1.71. The van der Waals surface area contributed by atoms with E-state index in [4.69, 9.17) is 0 Å². The predicted octanol–water partition coefficient (Wildman–Crippen LogP) is 3.68. The van der Waals surface area contributed by atoms with Gasteiger partial charge >= 0.3 is 0 Å². The van der Waals surface area contributed by atoms with Crippen molar-refractivity contribution in [2.24, 2.45) is 0 Å². The Hall–Kier alpha value is -0.690. The normalized spacial score (nSPS) is 11.7. The Morgan fingerprint density at radius 2 is 1.75 bits per heavy atom. The number of hydrogen-bond acceptors (Lipinski definition) is 3. The third kappa shape index (κ3) is 3.91. The second kappa shape index (κ2) is 6.85. The Morgan fingerprint density at radius 3 is 2.30 bits per heavy atom. The van der Waals surface area contributed by atoms with Crippen LogP contribution in [-0.4, -0.2) is 8.42 Å². The van der Waals surface area contributed by atoms with Crippen molar-refractivity contribution in [1.29, 1.82) is 0 Å². The van der Waals surface area contributed by atoms with Gasteiger partial charge < -0.3 is 0 Å². The average Bonchev–Trinajstić information content (AvgIpc) is 2.93. The number of hydrogen-bond donors (Lipinski definition) is 1. The molecule has 0 atom stereocenters. The van der Waals surface area contributed by atoms with E-state index >= 15 is 0 Å². The molecular weight excluding hydrogens is 358 g/mol. The Morgan fingerprint density at radius 1 is 1.10 bits per heavy atom. The van der Waals surface area contributed by atoms with Gasteiger partial charge in [-0.15, -0.1) is 11.3 Å². The minimum Gasteiger partial charge on any atom is -0.207 e. The van der Waals surface area contributed by atoms with Gasteiger partial charge in [0.2, 0.25) is 10.0 Å². The molecule has 6 heteroatoms. The molecule has 0 amide bonds. The maximum atomic E-state index is 12.2. The summed E-state index contributed by atoms with van der Waals surface area (Å²) >= 11 is 4.98. The number of sulfonamides is 1. The van der Waals surface area contributed by atoms with Gasteiger partial charge in [0.1, 0.15) is 0 Å². The smallest absolute Gasteiger partial charge is 0.207 e. The average molecular weight is 374 g/mol. The van der Waals surface area contributed by atoms with E-state index in [-0.39, 0.29) is 0 Å². The molecule has 0 bridgehead atoms. The molecule has 0 fully saturated rings. The summed E-state index contributed by atoms with van der Waals surface area (Å²) < 4.78 is 27.0. The molecule has 2 rings (SSSR count). The molecule has 0 aliphatic carbocycles. The quantitative estimate of drug-likeness (QED) is 0.784. The van der Waals surface area contributed by atoms with Crippen molar-refractivity contribution < 1.29 is 8.42 Å². The van der Waals surface area contributed by atoms with Crippen LogP contribution in [-0.2, 0) is 28.3 Å². The number of rotatable bonds is 6. The van der Waals surface area contributed by atoms with Crippen LogP contribution in [0.15, 0.2) is 41.3 Å². The minimum atomic E-state index is -3.44. The van der Waals surface area contributed by atoms with Crippen molar-refractivity contribution in [3.05, 3.63) is 51.7 Å². The molecule has 108 valence electrons. The van der Waals surface area contributed by atoms with E-state index in [9.17, 15) is 8.42 Å². The lowest BCUT2D eigenvalue weighted by Crippen LogP contribution is -2.22. The number of thiophene rings is 1. The van der Waals surface area contributed by atoms with Crippen molar-refractivity contribution in [2.75, 3.05) is 0 Å². The third-order valence-electron chi connectivity index (χ3n) is 2.89. The molecule has 0 unspecified atom stereocenters. The summed E-state index contributed by atoms with van der Waals surface area (Å²) in [6.07, 6.45) is 0.978. The molecule has 20 heavy (non-hydrogen) atoms. The number of alkyl halides is 1. The van der Waals surface area contributed by atoms with Gasteiger partial charge in [0.25, 0.3) is 0 Å². The van der Waals surface area contributed by atoms with Gasteiger partial charge in [0.15, 0.2) is 0 Å².